The number of imidazole rings is 1. The van der Waals surface area contributed by atoms with Gasteiger partial charge in [0, 0.05) is 12.6 Å². The normalized spacial score (nSPS) is 30.4. The number of fused-ring (bicyclic) bond motifs is 1. The summed E-state index contributed by atoms with van der Waals surface area (Å²) in [5.41, 5.74) is 0. The zero-order valence-electron chi connectivity index (χ0n) is 9.67. The van der Waals surface area contributed by atoms with E-state index < -0.39 is 10.0 Å². The molecular formula is C11H17N3O2S. The molecule has 0 amide bonds. The fraction of sp³-hybridized carbons (Fsp3) is 0.727. The van der Waals surface area contributed by atoms with Crippen LogP contribution in [0.1, 0.15) is 32.1 Å². The summed E-state index contributed by atoms with van der Waals surface area (Å²) in [7, 11) is -3.35. The summed E-state index contributed by atoms with van der Waals surface area (Å²) in [6.07, 6.45) is 8.41. The Kier molecular flexibility index (Phi) is 2.71. The molecule has 0 bridgehead atoms. The quantitative estimate of drug-likeness (QED) is 0.867. The third-order valence-corrected chi connectivity index (χ3v) is 5.87. The van der Waals surface area contributed by atoms with Crippen LogP contribution in [0.3, 0.4) is 0 Å². The van der Waals surface area contributed by atoms with Crippen molar-refractivity contribution < 1.29 is 8.42 Å². The molecule has 0 spiro atoms. The van der Waals surface area contributed by atoms with Crippen molar-refractivity contribution in [3.05, 3.63) is 12.5 Å². The molecule has 1 saturated carbocycles. The molecule has 0 aromatic carbocycles. The van der Waals surface area contributed by atoms with E-state index >= 15 is 0 Å². The van der Waals surface area contributed by atoms with Gasteiger partial charge in [0.15, 0.2) is 5.03 Å². The average molecular weight is 255 g/mol. The molecule has 1 aliphatic carbocycles. The first kappa shape index (κ1) is 11.2. The fourth-order valence-electron chi connectivity index (χ4n) is 3.17. The maximum absolute atomic E-state index is 12.4. The SMILES string of the molecule is O=S(=O)(c1cnc[nH]1)N1CCC2CCCCC21. The molecule has 1 aromatic rings. The largest absolute Gasteiger partial charge is 0.335 e. The van der Waals surface area contributed by atoms with Crippen molar-refractivity contribution in [1.82, 2.24) is 14.3 Å². The summed E-state index contributed by atoms with van der Waals surface area (Å²) in [4.78, 5) is 6.51. The van der Waals surface area contributed by atoms with Gasteiger partial charge in [-0.2, -0.15) is 4.31 Å². The van der Waals surface area contributed by atoms with Crippen LogP contribution >= 0.6 is 0 Å². The van der Waals surface area contributed by atoms with Crippen LogP contribution in [0.5, 0.6) is 0 Å². The third kappa shape index (κ3) is 1.79. The van der Waals surface area contributed by atoms with E-state index in [0.29, 0.717) is 12.5 Å². The molecule has 2 heterocycles. The topological polar surface area (TPSA) is 66.1 Å². The van der Waals surface area contributed by atoms with Crippen LogP contribution in [-0.4, -0.2) is 35.3 Å². The highest BCUT2D eigenvalue weighted by atomic mass is 32.2. The number of nitrogens with zero attached hydrogens (tertiary/aromatic N) is 2. The number of hydrogen-bond acceptors (Lipinski definition) is 3. The van der Waals surface area contributed by atoms with E-state index in [-0.39, 0.29) is 11.1 Å². The Bertz CT molecular complexity index is 483. The van der Waals surface area contributed by atoms with E-state index in [2.05, 4.69) is 9.97 Å². The van der Waals surface area contributed by atoms with Gasteiger partial charge in [0.25, 0.3) is 10.0 Å². The number of nitrogens with one attached hydrogen (secondary N) is 1. The van der Waals surface area contributed by atoms with Gasteiger partial charge in [0.2, 0.25) is 0 Å². The highest BCUT2D eigenvalue weighted by Gasteiger charge is 2.42. The van der Waals surface area contributed by atoms with Crippen LogP contribution in [-0.2, 0) is 10.0 Å². The molecule has 1 N–H and O–H groups in total. The van der Waals surface area contributed by atoms with E-state index in [1.54, 1.807) is 4.31 Å². The maximum Gasteiger partial charge on any atom is 0.260 e. The highest BCUT2D eigenvalue weighted by Crippen LogP contribution is 2.38. The zero-order valence-corrected chi connectivity index (χ0v) is 10.5. The first-order valence-corrected chi connectivity index (χ1v) is 7.64. The fourth-order valence-corrected chi connectivity index (χ4v) is 4.80. The second-order valence-corrected chi connectivity index (χ2v) is 6.79. The van der Waals surface area contributed by atoms with Gasteiger partial charge in [-0.3, -0.25) is 0 Å². The number of aromatic nitrogens is 2. The Morgan fingerprint density at radius 2 is 2.12 bits per heavy atom. The number of aromatic amines is 1. The lowest BCUT2D eigenvalue weighted by atomic mass is 9.86. The van der Waals surface area contributed by atoms with Gasteiger partial charge in [0.1, 0.15) is 0 Å². The van der Waals surface area contributed by atoms with Gasteiger partial charge in [0.05, 0.1) is 12.5 Å². The second kappa shape index (κ2) is 4.10. The molecule has 1 aliphatic heterocycles. The predicted octanol–water partition coefficient (Wildman–Crippen LogP) is 1.36. The lowest BCUT2D eigenvalue weighted by Gasteiger charge is -2.30. The van der Waals surface area contributed by atoms with E-state index in [4.69, 9.17) is 0 Å². The summed E-state index contributed by atoms with van der Waals surface area (Å²) in [5.74, 6) is 0.571. The van der Waals surface area contributed by atoms with Crippen molar-refractivity contribution in [3.8, 4) is 0 Å². The van der Waals surface area contributed by atoms with Gasteiger partial charge >= 0.3 is 0 Å². The summed E-state index contributed by atoms with van der Waals surface area (Å²) >= 11 is 0. The minimum absolute atomic E-state index is 0.219. The standard InChI is InChI=1S/C11H17N3O2S/c15-17(16,11-7-12-8-13-11)14-6-5-9-3-1-2-4-10(9)14/h7-10H,1-6H2,(H,12,13). The van der Waals surface area contributed by atoms with Gasteiger partial charge in [-0.05, 0) is 25.2 Å². The summed E-state index contributed by atoms with van der Waals surface area (Å²) in [5, 5.41) is 0.226. The molecule has 2 unspecified atom stereocenters. The van der Waals surface area contributed by atoms with Crippen molar-refractivity contribution in [2.75, 3.05) is 6.54 Å². The minimum Gasteiger partial charge on any atom is -0.335 e. The lowest BCUT2D eigenvalue weighted by Crippen LogP contribution is -2.39. The van der Waals surface area contributed by atoms with Crippen LogP contribution in [0.25, 0.3) is 0 Å². The van der Waals surface area contributed by atoms with Gasteiger partial charge in [-0.1, -0.05) is 12.8 Å². The monoisotopic (exact) mass is 255 g/mol. The Hall–Kier alpha value is -0.880. The molecule has 1 saturated heterocycles. The molecule has 6 heteroatoms. The molecular weight excluding hydrogens is 238 g/mol. The highest BCUT2D eigenvalue weighted by molar-refractivity contribution is 7.89. The van der Waals surface area contributed by atoms with Crippen molar-refractivity contribution >= 4 is 10.0 Å². The van der Waals surface area contributed by atoms with Crippen LogP contribution < -0.4 is 0 Å². The molecule has 5 nitrogen and oxygen atoms in total. The Labute approximate surface area is 101 Å². The van der Waals surface area contributed by atoms with Crippen molar-refractivity contribution in [2.45, 2.75) is 43.2 Å². The Morgan fingerprint density at radius 1 is 1.29 bits per heavy atom. The van der Waals surface area contributed by atoms with Crippen molar-refractivity contribution in [1.29, 1.82) is 0 Å². The van der Waals surface area contributed by atoms with Crippen molar-refractivity contribution in [3.63, 3.8) is 0 Å². The van der Waals surface area contributed by atoms with E-state index in [1.165, 1.54) is 25.4 Å². The van der Waals surface area contributed by atoms with Crippen molar-refractivity contribution in [2.24, 2.45) is 5.92 Å². The van der Waals surface area contributed by atoms with Crippen LogP contribution in [0.2, 0.25) is 0 Å². The molecule has 94 valence electrons. The number of H-pyrrole nitrogens is 1. The van der Waals surface area contributed by atoms with Crippen LogP contribution in [0, 0.1) is 5.92 Å². The van der Waals surface area contributed by atoms with Gasteiger partial charge in [-0.15, -0.1) is 0 Å². The first-order valence-electron chi connectivity index (χ1n) is 6.20. The minimum atomic E-state index is -3.35. The first-order chi connectivity index (χ1) is 8.19. The van der Waals surface area contributed by atoms with Crippen LogP contribution in [0.4, 0.5) is 0 Å². The smallest absolute Gasteiger partial charge is 0.260 e. The van der Waals surface area contributed by atoms with Crippen LogP contribution in [0.15, 0.2) is 17.6 Å². The van der Waals surface area contributed by atoms with Gasteiger partial charge < -0.3 is 4.98 Å². The molecule has 0 radical (unpaired) electrons. The van der Waals surface area contributed by atoms with Gasteiger partial charge in [-0.25, -0.2) is 13.4 Å². The maximum atomic E-state index is 12.4. The summed E-state index contributed by atoms with van der Waals surface area (Å²) in [6, 6.07) is 0.219. The number of rotatable bonds is 2. The molecule has 1 aromatic heterocycles. The molecule has 17 heavy (non-hydrogen) atoms. The molecule has 3 rings (SSSR count). The predicted molar refractivity (Wildman–Crippen MR) is 62.8 cm³/mol. The summed E-state index contributed by atoms with van der Waals surface area (Å²) < 4.78 is 26.5. The lowest BCUT2D eigenvalue weighted by molar-refractivity contribution is 0.260. The van der Waals surface area contributed by atoms with E-state index in [1.807, 2.05) is 0 Å². The molecule has 2 fully saturated rings. The zero-order chi connectivity index (χ0) is 11.9. The second-order valence-electron chi connectivity index (χ2n) is 4.93. The van der Waals surface area contributed by atoms with E-state index in [0.717, 1.165) is 19.3 Å². The number of sulfonamides is 1. The molecule has 2 atom stereocenters. The van der Waals surface area contributed by atoms with E-state index in [9.17, 15) is 8.42 Å². The number of hydrogen-bond donors (Lipinski definition) is 1. The Morgan fingerprint density at radius 3 is 2.88 bits per heavy atom. The molecule has 2 aliphatic rings. The summed E-state index contributed by atoms with van der Waals surface area (Å²) in [6.45, 7) is 0.663. The third-order valence-electron chi connectivity index (χ3n) is 4.02. The Balaban J connectivity index is 1.90. The average Bonchev–Trinajstić information content (AvgIpc) is 2.99.